The molecule has 4 nitrogen and oxygen atoms in total. The van der Waals surface area contributed by atoms with Gasteiger partial charge in [0.2, 0.25) is 0 Å². The summed E-state index contributed by atoms with van der Waals surface area (Å²) in [5.41, 5.74) is -0.439. The maximum absolute atomic E-state index is 12.7. The van der Waals surface area contributed by atoms with Gasteiger partial charge in [0.25, 0.3) is 0 Å². The van der Waals surface area contributed by atoms with Crippen molar-refractivity contribution in [1.82, 2.24) is 5.32 Å². The molecule has 1 rings (SSSR count). The van der Waals surface area contributed by atoms with Crippen LogP contribution in [-0.2, 0) is 20.4 Å². The lowest BCUT2D eigenvalue weighted by atomic mass is 9.86. The highest BCUT2D eigenvalue weighted by atomic mass is 35.5. The van der Waals surface area contributed by atoms with Gasteiger partial charge >= 0.3 is 0 Å². The Morgan fingerprint density at radius 3 is 2.12 bits per heavy atom. The first kappa shape index (κ1) is 21.1. The maximum Gasteiger partial charge on any atom is 0.156 e. The van der Waals surface area contributed by atoms with Crippen molar-refractivity contribution in [3.05, 3.63) is 34.9 Å². The van der Waals surface area contributed by atoms with Crippen LogP contribution in [-0.4, -0.2) is 31.5 Å². The molecule has 0 heterocycles. The fourth-order valence-corrected chi connectivity index (χ4v) is 4.26. The van der Waals surface area contributed by atoms with Crippen molar-refractivity contribution in [3.8, 4) is 0 Å². The van der Waals surface area contributed by atoms with Crippen molar-refractivity contribution < 1.29 is 13.2 Å². The molecule has 1 aromatic rings. The maximum atomic E-state index is 12.7. The van der Waals surface area contributed by atoms with Crippen LogP contribution < -0.4 is 5.32 Å². The summed E-state index contributed by atoms with van der Waals surface area (Å²) in [4.78, 5) is 12.7. The lowest BCUT2D eigenvalue weighted by Gasteiger charge is -2.31. The number of carbonyl (C=O) groups is 1. The minimum absolute atomic E-state index is 0.111. The Morgan fingerprint density at radius 1 is 1.12 bits per heavy atom. The van der Waals surface area contributed by atoms with Crippen molar-refractivity contribution in [2.75, 3.05) is 5.75 Å². The second kappa shape index (κ2) is 7.54. The van der Waals surface area contributed by atoms with Crippen molar-refractivity contribution in [3.63, 3.8) is 0 Å². The molecule has 0 saturated carbocycles. The predicted octanol–water partition coefficient (Wildman–Crippen LogP) is 3.63. The van der Waals surface area contributed by atoms with E-state index in [1.807, 2.05) is 20.8 Å². The van der Waals surface area contributed by atoms with Crippen molar-refractivity contribution in [2.24, 2.45) is 5.41 Å². The Kier molecular flexibility index (Phi) is 6.64. The quantitative estimate of drug-likeness (QED) is 0.827. The molecule has 0 aromatic heterocycles. The number of rotatable bonds is 6. The van der Waals surface area contributed by atoms with Gasteiger partial charge in [0, 0.05) is 16.0 Å². The SMILES string of the molecule is CC(C)(C)NC(CS(=O)(=O)Cc1ccccc1Cl)C(=O)C(C)(C)C. The van der Waals surface area contributed by atoms with Crippen LogP contribution in [0.2, 0.25) is 5.02 Å². The summed E-state index contributed by atoms with van der Waals surface area (Å²) >= 11 is 6.06. The van der Waals surface area contributed by atoms with Gasteiger partial charge in [-0.25, -0.2) is 8.42 Å². The van der Waals surface area contributed by atoms with Gasteiger partial charge in [-0.2, -0.15) is 0 Å². The number of hydrogen-bond acceptors (Lipinski definition) is 4. The fraction of sp³-hybridized carbons (Fsp3) is 0.611. The highest BCUT2D eigenvalue weighted by molar-refractivity contribution is 7.90. The molecule has 0 saturated heterocycles. The third kappa shape index (κ3) is 6.91. The Morgan fingerprint density at radius 2 is 1.67 bits per heavy atom. The first-order valence-corrected chi connectivity index (χ1v) is 10.2. The Balaban J connectivity index is 3.04. The fourth-order valence-electron chi connectivity index (χ4n) is 2.39. The summed E-state index contributed by atoms with van der Waals surface area (Å²) < 4.78 is 25.3. The molecule has 136 valence electrons. The molecule has 24 heavy (non-hydrogen) atoms. The Hall–Kier alpha value is -0.910. The van der Waals surface area contributed by atoms with Gasteiger partial charge in [-0.1, -0.05) is 50.6 Å². The van der Waals surface area contributed by atoms with Gasteiger partial charge in [-0.15, -0.1) is 0 Å². The molecule has 0 bridgehead atoms. The van der Waals surface area contributed by atoms with Gasteiger partial charge in [0.15, 0.2) is 15.6 Å². The zero-order valence-corrected chi connectivity index (χ0v) is 16.9. The zero-order valence-electron chi connectivity index (χ0n) is 15.3. The van der Waals surface area contributed by atoms with E-state index in [9.17, 15) is 13.2 Å². The van der Waals surface area contributed by atoms with E-state index in [4.69, 9.17) is 11.6 Å². The van der Waals surface area contributed by atoms with Gasteiger partial charge in [0.05, 0.1) is 17.5 Å². The van der Waals surface area contributed by atoms with Gasteiger partial charge < -0.3 is 5.32 Å². The highest BCUT2D eigenvalue weighted by Crippen LogP contribution is 2.22. The molecular weight excluding hydrogens is 346 g/mol. The van der Waals surface area contributed by atoms with Crippen LogP contribution in [0.1, 0.15) is 47.1 Å². The van der Waals surface area contributed by atoms with Crippen molar-refractivity contribution >= 4 is 27.2 Å². The third-order valence-electron chi connectivity index (χ3n) is 3.42. The number of halogens is 1. The largest absolute Gasteiger partial charge is 0.302 e. The molecule has 1 unspecified atom stereocenters. The lowest BCUT2D eigenvalue weighted by molar-refractivity contribution is -0.128. The van der Waals surface area contributed by atoms with E-state index in [2.05, 4.69) is 5.32 Å². The summed E-state index contributed by atoms with van der Waals surface area (Å²) in [6.45, 7) is 11.1. The van der Waals surface area contributed by atoms with Crippen LogP contribution >= 0.6 is 11.6 Å². The van der Waals surface area contributed by atoms with Crippen molar-refractivity contribution in [2.45, 2.75) is 58.9 Å². The van der Waals surface area contributed by atoms with E-state index in [0.29, 0.717) is 10.6 Å². The third-order valence-corrected chi connectivity index (χ3v) is 5.38. The average molecular weight is 374 g/mol. The van der Waals surface area contributed by atoms with Crippen molar-refractivity contribution in [1.29, 1.82) is 0 Å². The number of ketones is 1. The van der Waals surface area contributed by atoms with E-state index in [0.717, 1.165) is 0 Å². The Labute approximate surface area is 150 Å². The Bertz CT molecular complexity index is 685. The number of Topliss-reactive ketones (excluding diaryl/α,β-unsaturated/α-hetero) is 1. The standard InChI is InChI=1S/C18H28ClNO3S/c1-17(2,3)16(21)15(20-18(4,5)6)12-24(22,23)11-13-9-7-8-10-14(13)19/h7-10,15,20H,11-12H2,1-6H3. The molecule has 0 amide bonds. The first-order valence-electron chi connectivity index (χ1n) is 7.97. The summed E-state index contributed by atoms with van der Waals surface area (Å²) in [7, 11) is -3.50. The summed E-state index contributed by atoms with van der Waals surface area (Å²) in [6, 6.07) is 6.11. The van der Waals surface area contributed by atoms with E-state index < -0.39 is 21.3 Å². The van der Waals surface area contributed by atoms with Crippen LogP contribution in [0.5, 0.6) is 0 Å². The van der Waals surface area contributed by atoms with Crippen LogP contribution in [0, 0.1) is 5.41 Å². The van der Waals surface area contributed by atoms with Crippen LogP contribution in [0.15, 0.2) is 24.3 Å². The number of benzene rings is 1. The molecule has 1 atom stereocenters. The van der Waals surface area contributed by atoms with E-state index in [-0.39, 0.29) is 22.8 Å². The molecule has 0 spiro atoms. The van der Waals surface area contributed by atoms with Gasteiger partial charge in [0.1, 0.15) is 0 Å². The van der Waals surface area contributed by atoms with E-state index in [1.54, 1.807) is 45.0 Å². The molecule has 1 N–H and O–H groups in total. The summed E-state index contributed by atoms with van der Waals surface area (Å²) in [5.74, 6) is -0.530. The number of carbonyl (C=O) groups excluding carboxylic acids is 1. The predicted molar refractivity (Wildman–Crippen MR) is 100 cm³/mol. The normalized spacial score (nSPS) is 14.5. The number of nitrogens with one attached hydrogen (secondary N) is 1. The monoisotopic (exact) mass is 373 g/mol. The lowest BCUT2D eigenvalue weighted by Crippen LogP contribution is -2.53. The minimum Gasteiger partial charge on any atom is -0.302 e. The molecule has 0 aliphatic rings. The smallest absolute Gasteiger partial charge is 0.156 e. The number of hydrogen-bond donors (Lipinski definition) is 1. The average Bonchev–Trinajstić information content (AvgIpc) is 2.36. The second-order valence-corrected chi connectivity index (χ2v) is 10.7. The molecule has 0 radical (unpaired) electrons. The van der Waals surface area contributed by atoms with E-state index >= 15 is 0 Å². The van der Waals surface area contributed by atoms with Gasteiger partial charge in [-0.3, -0.25) is 4.79 Å². The topological polar surface area (TPSA) is 63.2 Å². The van der Waals surface area contributed by atoms with Gasteiger partial charge in [-0.05, 0) is 32.4 Å². The molecule has 0 aliphatic heterocycles. The molecule has 1 aromatic carbocycles. The highest BCUT2D eigenvalue weighted by Gasteiger charge is 2.35. The summed E-state index contributed by atoms with van der Waals surface area (Å²) in [5, 5.41) is 3.58. The van der Waals surface area contributed by atoms with Crippen LogP contribution in [0.3, 0.4) is 0 Å². The molecule has 6 heteroatoms. The molecule has 0 aliphatic carbocycles. The zero-order chi connectivity index (χ0) is 18.8. The van der Waals surface area contributed by atoms with E-state index in [1.165, 1.54) is 0 Å². The van der Waals surface area contributed by atoms with Crippen LogP contribution in [0.25, 0.3) is 0 Å². The molecular formula is C18H28ClNO3S. The second-order valence-electron chi connectivity index (χ2n) is 8.21. The first-order chi connectivity index (χ1) is 10.7. The minimum atomic E-state index is -3.50. The summed E-state index contributed by atoms with van der Waals surface area (Å²) in [6.07, 6.45) is 0. The number of sulfone groups is 1. The molecule has 0 fully saturated rings. The van der Waals surface area contributed by atoms with Crippen LogP contribution in [0.4, 0.5) is 0 Å².